The van der Waals surface area contributed by atoms with Crippen molar-refractivity contribution in [3.63, 3.8) is 0 Å². The van der Waals surface area contributed by atoms with E-state index in [9.17, 15) is 14.4 Å². The third-order valence-corrected chi connectivity index (χ3v) is 9.19. The monoisotopic (exact) mass is 589 g/mol. The maximum absolute atomic E-state index is 13.1. The van der Waals surface area contributed by atoms with Crippen molar-refractivity contribution in [2.75, 3.05) is 19.6 Å². The molecule has 1 aliphatic carbocycles. The van der Waals surface area contributed by atoms with Gasteiger partial charge < -0.3 is 24.6 Å². The molecule has 0 radical (unpaired) electrons. The molecular formula is C31H35N5O5S. The van der Waals surface area contributed by atoms with Crippen LogP contribution in [-0.2, 0) is 16.1 Å². The van der Waals surface area contributed by atoms with Gasteiger partial charge in [-0.1, -0.05) is 31.3 Å². The lowest BCUT2D eigenvalue weighted by atomic mass is 9.96. The Morgan fingerprint density at radius 2 is 1.86 bits per heavy atom. The molecule has 2 saturated heterocycles. The van der Waals surface area contributed by atoms with Gasteiger partial charge in [0.15, 0.2) is 0 Å². The highest BCUT2D eigenvalue weighted by molar-refractivity contribution is 7.14. The van der Waals surface area contributed by atoms with Crippen LogP contribution in [-0.4, -0.2) is 69.7 Å². The molecule has 3 aliphatic rings. The number of aromatic nitrogens is 2. The Morgan fingerprint density at radius 1 is 1.07 bits per heavy atom. The van der Waals surface area contributed by atoms with E-state index in [0.29, 0.717) is 55.6 Å². The van der Waals surface area contributed by atoms with Gasteiger partial charge in [-0.3, -0.25) is 9.59 Å². The summed E-state index contributed by atoms with van der Waals surface area (Å²) in [5, 5.41) is 13.4. The number of likely N-dealkylation sites (tertiary alicyclic amines) is 2. The van der Waals surface area contributed by atoms with Gasteiger partial charge in [-0.25, -0.2) is 4.79 Å². The number of hydrogen-bond donors (Lipinski definition) is 1. The van der Waals surface area contributed by atoms with E-state index < -0.39 is 0 Å². The van der Waals surface area contributed by atoms with Crippen LogP contribution in [0.15, 0.2) is 42.5 Å². The van der Waals surface area contributed by atoms with Crippen LogP contribution in [0.5, 0.6) is 11.5 Å². The maximum atomic E-state index is 13.1. The first-order chi connectivity index (χ1) is 20.3. The lowest BCUT2D eigenvalue weighted by molar-refractivity contribution is -0.128. The van der Waals surface area contributed by atoms with Crippen LogP contribution >= 0.6 is 11.3 Å². The second-order valence-electron chi connectivity index (χ2n) is 11.5. The first kappa shape index (κ1) is 28.1. The second-order valence-corrected chi connectivity index (χ2v) is 12.5. The van der Waals surface area contributed by atoms with Gasteiger partial charge in [-0.05, 0) is 62.1 Å². The predicted molar refractivity (Wildman–Crippen MR) is 158 cm³/mol. The third-order valence-electron chi connectivity index (χ3n) is 7.92. The highest BCUT2D eigenvalue weighted by atomic mass is 32.1. The van der Waals surface area contributed by atoms with Crippen molar-refractivity contribution in [2.45, 2.75) is 70.6 Å². The molecule has 10 nitrogen and oxygen atoms in total. The molecule has 11 heteroatoms. The largest absolute Gasteiger partial charge is 0.457 e. The summed E-state index contributed by atoms with van der Waals surface area (Å²) < 4.78 is 11.7. The van der Waals surface area contributed by atoms with Gasteiger partial charge in [0.25, 0.3) is 5.91 Å². The molecule has 1 saturated carbocycles. The second kappa shape index (κ2) is 12.1. The molecule has 6 rings (SSSR count). The Kier molecular flexibility index (Phi) is 8.10. The zero-order valence-electron chi connectivity index (χ0n) is 23.9. The van der Waals surface area contributed by atoms with E-state index in [1.54, 1.807) is 28.4 Å². The Morgan fingerprint density at radius 3 is 2.50 bits per heavy atom. The quantitative estimate of drug-likeness (QED) is 0.358. The van der Waals surface area contributed by atoms with Crippen molar-refractivity contribution in [3.8, 4) is 22.1 Å². The van der Waals surface area contributed by atoms with Crippen LogP contribution in [0.3, 0.4) is 0 Å². The predicted octanol–water partition coefficient (Wildman–Crippen LogP) is 5.35. The van der Waals surface area contributed by atoms with E-state index >= 15 is 0 Å². The summed E-state index contributed by atoms with van der Waals surface area (Å²) >= 11 is 1.57. The molecule has 3 heterocycles. The molecule has 3 fully saturated rings. The SMILES string of the molecule is CC(C)c1nnc(-c2ccc(Oc3cc(C(=O)NC4CN(C(=O)OC5CCC5)C4)ccc3CN3CCCC3=O)cc2)s1. The van der Waals surface area contributed by atoms with E-state index in [0.717, 1.165) is 46.8 Å². The number of hydrogen-bond acceptors (Lipinski definition) is 8. The fourth-order valence-corrected chi connectivity index (χ4v) is 5.92. The van der Waals surface area contributed by atoms with Gasteiger partial charge in [0, 0.05) is 55.2 Å². The molecule has 1 N–H and O–H groups in total. The summed E-state index contributed by atoms with van der Waals surface area (Å²) in [4.78, 5) is 41.1. The molecule has 1 aromatic heterocycles. The average molecular weight is 590 g/mol. The Hall–Kier alpha value is -3.99. The van der Waals surface area contributed by atoms with Crippen LogP contribution < -0.4 is 10.1 Å². The number of benzene rings is 2. The summed E-state index contributed by atoms with van der Waals surface area (Å²) in [7, 11) is 0. The maximum Gasteiger partial charge on any atom is 0.410 e. The Labute approximate surface area is 249 Å². The minimum absolute atomic E-state index is 0.0391. The van der Waals surface area contributed by atoms with Gasteiger partial charge in [0.2, 0.25) is 5.91 Å². The number of rotatable bonds is 9. The number of ether oxygens (including phenoxy) is 2. The van der Waals surface area contributed by atoms with E-state index in [2.05, 4.69) is 29.4 Å². The van der Waals surface area contributed by atoms with Crippen LogP contribution in [0.25, 0.3) is 10.6 Å². The fourth-order valence-electron chi connectivity index (χ4n) is 5.07. The molecule has 0 bridgehead atoms. The van der Waals surface area contributed by atoms with Crippen molar-refractivity contribution < 1.29 is 23.9 Å². The summed E-state index contributed by atoms with van der Waals surface area (Å²) in [5.41, 5.74) is 2.22. The summed E-state index contributed by atoms with van der Waals surface area (Å²) in [6.07, 6.45) is 4.08. The zero-order valence-corrected chi connectivity index (χ0v) is 24.7. The molecule has 0 spiro atoms. The van der Waals surface area contributed by atoms with E-state index in [4.69, 9.17) is 9.47 Å². The summed E-state index contributed by atoms with van der Waals surface area (Å²) in [6.45, 7) is 6.16. The Bertz CT molecular complexity index is 1460. The first-order valence-corrected chi connectivity index (χ1v) is 15.4. The van der Waals surface area contributed by atoms with Crippen LogP contribution in [0.4, 0.5) is 4.79 Å². The van der Waals surface area contributed by atoms with Crippen molar-refractivity contribution in [1.82, 2.24) is 25.3 Å². The van der Waals surface area contributed by atoms with Gasteiger partial charge >= 0.3 is 6.09 Å². The minimum atomic E-state index is -0.306. The number of carbonyl (C=O) groups excluding carboxylic acids is 3. The number of amides is 3. The fraction of sp³-hybridized carbons (Fsp3) is 0.452. The number of nitrogens with one attached hydrogen (secondary N) is 1. The third kappa shape index (κ3) is 6.25. The normalized spacial score (nSPS) is 17.3. The molecule has 0 atom stereocenters. The van der Waals surface area contributed by atoms with E-state index in [1.807, 2.05) is 35.2 Å². The van der Waals surface area contributed by atoms with Gasteiger partial charge in [-0.15, -0.1) is 10.2 Å². The van der Waals surface area contributed by atoms with Crippen LogP contribution in [0.1, 0.15) is 72.8 Å². The smallest absolute Gasteiger partial charge is 0.410 e. The lowest BCUT2D eigenvalue weighted by Gasteiger charge is -2.40. The molecular weight excluding hydrogens is 554 g/mol. The standard InChI is InChI=1S/C31H35N5O5S/c1-19(2)29-33-34-30(42-29)20-10-12-25(13-11-20)40-26-15-21(8-9-22(26)16-35-14-4-7-27(35)37)28(38)32-23-17-36(18-23)31(39)41-24-5-3-6-24/h8-13,15,19,23-24H,3-7,14,16-18H2,1-2H3,(H,32,38). The van der Waals surface area contributed by atoms with Gasteiger partial charge in [0.1, 0.15) is 27.6 Å². The average Bonchev–Trinajstić information content (AvgIpc) is 3.59. The summed E-state index contributed by atoms with van der Waals surface area (Å²) in [6, 6.07) is 12.8. The molecule has 42 heavy (non-hydrogen) atoms. The number of nitrogens with zero attached hydrogens (tertiary/aromatic N) is 4. The molecule has 220 valence electrons. The molecule has 0 unspecified atom stereocenters. The first-order valence-electron chi connectivity index (χ1n) is 14.6. The number of carbonyl (C=O) groups is 3. The molecule has 3 amide bonds. The minimum Gasteiger partial charge on any atom is -0.457 e. The molecule has 2 aromatic carbocycles. The Balaban J connectivity index is 1.14. The van der Waals surface area contributed by atoms with Gasteiger partial charge in [0.05, 0.1) is 6.04 Å². The molecule has 3 aromatic rings. The lowest BCUT2D eigenvalue weighted by Crippen LogP contribution is -2.61. The van der Waals surface area contributed by atoms with Gasteiger partial charge in [-0.2, -0.15) is 0 Å². The topological polar surface area (TPSA) is 114 Å². The van der Waals surface area contributed by atoms with Crippen LogP contribution in [0.2, 0.25) is 0 Å². The van der Waals surface area contributed by atoms with E-state index in [-0.39, 0.29) is 30.1 Å². The van der Waals surface area contributed by atoms with Crippen molar-refractivity contribution in [3.05, 3.63) is 58.6 Å². The highest BCUT2D eigenvalue weighted by Crippen LogP contribution is 2.32. The van der Waals surface area contributed by atoms with Crippen molar-refractivity contribution in [2.24, 2.45) is 0 Å². The van der Waals surface area contributed by atoms with Crippen molar-refractivity contribution >= 4 is 29.2 Å². The van der Waals surface area contributed by atoms with Crippen LogP contribution in [0, 0.1) is 0 Å². The van der Waals surface area contributed by atoms with Crippen molar-refractivity contribution in [1.29, 1.82) is 0 Å². The molecule has 2 aliphatic heterocycles. The summed E-state index contributed by atoms with van der Waals surface area (Å²) in [5.74, 6) is 1.33. The van der Waals surface area contributed by atoms with E-state index in [1.165, 1.54) is 0 Å². The highest BCUT2D eigenvalue weighted by Gasteiger charge is 2.35. The zero-order chi connectivity index (χ0) is 29.2.